The molecule has 0 aliphatic heterocycles. The van der Waals surface area contributed by atoms with Crippen molar-refractivity contribution in [2.45, 2.75) is 117 Å². The van der Waals surface area contributed by atoms with Crippen LogP contribution in [0.4, 0.5) is 0 Å². The van der Waals surface area contributed by atoms with Gasteiger partial charge in [-0.25, -0.2) is 9.13 Å². The van der Waals surface area contributed by atoms with E-state index >= 15 is 0 Å². The van der Waals surface area contributed by atoms with Gasteiger partial charge in [0.2, 0.25) is 0 Å². The quantitative estimate of drug-likeness (QED) is 0.193. The van der Waals surface area contributed by atoms with Crippen LogP contribution in [-0.2, 0) is 19.5 Å². The summed E-state index contributed by atoms with van der Waals surface area (Å²) in [4.78, 5) is 0. The van der Waals surface area contributed by atoms with Gasteiger partial charge in [-0.2, -0.15) is 0 Å². The summed E-state index contributed by atoms with van der Waals surface area (Å²) >= 11 is 0. The van der Waals surface area contributed by atoms with Crippen LogP contribution >= 0.6 is 0 Å². The summed E-state index contributed by atoms with van der Waals surface area (Å²) in [7, 11) is 0. The minimum atomic E-state index is 0.988. The Morgan fingerprint density at radius 3 is 1.79 bits per heavy atom. The Morgan fingerprint density at radius 2 is 1.24 bits per heavy atom. The molecule has 0 N–H and O–H groups in total. The Labute approximate surface area is 180 Å². The molecule has 1 heterocycles. The van der Waals surface area contributed by atoms with E-state index in [2.05, 4.69) is 65.7 Å². The lowest BCUT2D eigenvalue weighted by Gasteiger charge is -2.05. The predicted octanol–water partition coefficient (Wildman–Crippen LogP) is 7.48. The van der Waals surface area contributed by atoms with Crippen LogP contribution < -0.4 is 4.57 Å². The molecule has 0 saturated heterocycles. The van der Waals surface area contributed by atoms with Crippen molar-refractivity contribution in [3.8, 4) is 0 Å². The second-order valence-electron chi connectivity index (χ2n) is 8.61. The maximum Gasteiger partial charge on any atom is 0.256 e. The molecule has 0 atom stereocenters. The van der Waals surface area contributed by atoms with Crippen LogP contribution in [0.2, 0.25) is 0 Å². The lowest BCUT2D eigenvalue weighted by molar-refractivity contribution is -0.695. The van der Waals surface area contributed by atoms with Crippen molar-refractivity contribution in [1.29, 1.82) is 0 Å². The van der Waals surface area contributed by atoms with E-state index < -0.39 is 0 Å². The molecule has 2 nitrogen and oxygen atoms in total. The molecule has 0 spiro atoms. The van der Waals surface area contributed by atoms with Gasteiger partial charge < -0.3 is 0 Å². The van der Waals surface area contributed by atoms with Gasteiger partial charge in [0.1, 0.15) is 18.9 Å². The van der Waals surface area contributed by atoms with Crippen molar-refractivity contribution in [3.05, 3.63) is 54.1 Å². The van der Waals surface area contributed by atoms with Crippen LogP contribution in [0.1, 0.15) is 109 Å². The van der Waals surface area contributed by atoms with Gasteiger partial charge in [-0.05, 0) is 18.9 Å². The van der Waals surface area contributed by atoms with Gasteiger partial charge in [0.15, 0.2) is 0 Å². The van der Waals surface area contributed by atoms with E-state index in [1.54, 1.807) is 0 Å². The average molecular weight is 398 g/mol. The first-order chi connectivity index (χ1) is 14.3. The Bertz CT molecular complexity index is 629. The van der Waals surface area contributed by atoms with Crippen LogP contribution in [0.15, 0.2) is 42.7 Å². The SMILES string of the molecule is CCCCCCCCCCCCCCCc1n(CC)cc[n+]1Cc1ccccc1. The fourth-order valence-corrected chi connectivity index (χ4v) is 4.30. The second kappa shape index (κ2) is 15.3. The molecule has 29 heavy (non-hydrogen) atoms. The summed E-state index contributed by atoms with van der Waals surface area (Å²) in [6.45, 7) is 6.60. The van der Waals surface area contributed by atoms with Crippen molar-refractivity contribution >= 4 is 0 Å². The zero-order valence-electron chi connectivity index (χ0n) is 19.2. The molecule has 0 unspecified atom stereocenters. The molecule has 0 saturated carbocycles. The molecule has 1 aromatic heterocycles. The van der Waals surface area contributed by atoms with Crippen molar-refractivity contribution in [3.63, 3.8) is 0 Å². The van der Waals surface area contributed by atoms with E-state index in [0.717, 1.165) is 13.1 Å². The van der Waals surface area contributed by atoms with E-state index in [1.165, 1.54) is 101 Å². The monoisotopic (exact) mass is 397 g/mol. The van der Waals surface area contributed by atoms with Crippen molar-refractivity contribution in [1.82, 2.24) is 4.57 Å². The molecule has 2 rings (SSSR count). The number of hydrogen-bond donors (Lipinski definition) is 0. The first-order valence-electron chi connectivity index (χ1n) is 12.5. The minimum absolute atomic E-state index is 0.988. The minimum Gasteiger partial charge on any atom is -0.235 e. The van der Waals surface area contributed by atoms with E-state index in [1.807, 2.05) is 0 Å². The Hall–Kier alpha value is -1.57. The standard InChI is InChI=1S/C27H45N2/c1-3-5-6-7-8-9-10-11-12-13-14-15-19-22-27-28(4-2)23-24-29(27)25-26-20-17-16-18-21-26/h16-18,20-21,23-24H,3-15,19,22,25H2,1-2H3/q+1. The van der Waals surface area contributed by atoms with E-state index in [0.29, 0.717) is 0 Å². The van der Waals surface area contributed by atoms with Gasteiger partial charge in [0.05, 0.1) is 6.54 Å². The highest BCUT2D eigenvalue weighted by molar-refractivity contribution is 5.13. The van der Waals surface area contributed by atoms with Crippen molar-refractivity contribution in [2.24, 2.45) is 0 Å². The van der Waals surface area contributed by atoms with Gasteiger partial charge in [0.25, 0.3) is 5.82 Å². The third kappa shape index (κ3) is 9.65. The Balaban J connectivity index is 1.56. The molecule has 0 aliphatic rings. The fraction of sp³-hybridized carbons (Fsp3) is 0.667. The van der Waals surface area contributed by atoms with Gasteiger partial charge in [-0.1, -0.05) is 114 Å². The number of unbranched alkanes of at least 4 members (excludes halogenated alkanes) is 12. The Morgan fingerprint density at radius 1 is 0.690 bits per heavy atom. The summed E-state index contributed by atoms with van der Waals surface area (Å²) in [6, 6.07) is 10.8. The van der Waals surface area contributed by atoms with E-state index in [9.17, 15) is 0 Å². The zero-order chi connectivity index (χ0) is 20.6. The van der Waals surface area contributed by atoms with Gasteiger partial charge in [-0.15, -0.1) is 0 Å². The third-order valence-electron chi connectivity index (χ3n) is 6.13. The fourth-order valence-electron chi connectivity index (χ4n) is 4.30. The molecule has 0 bridgehead atoms. The lowest BCUT2D eigenvalue weighted by Crippen LogP contribution is -2.37. The highest BCUT2D eigenvalue weighted by atomic mass is 15.1. The topological polar surface area (TPSA) is 8.81 Å². The summed E-state index contributed by atoms with van der Waals surface area (Å²) < 4.78 is 4.86. The normalized spacial score (nSPS) is 11.2. The van der Waals surface area contributed by atoms with Crippen LogP contribution in [-0.4, -0.2) is 4.57 Å². The molecule has 2 heteroatoms. The maximum absolute atomic E-state index is 2.44. The smallest absolute Gasteiger partial charge is 0.235 e. The molecule has 1 aromatic carbocycles. The number of aromatic nitrogens is 2. The molecule has 162 valence electrons. The third-order valence-corrected chi connectivity index (χ3v) is 6.13. The molecule has 0 fully saturated rings. The molecular weight excluding hydrogens is 352 g/mol. The van der Waals surface area contributed by atoms with Gasteiger partial charge in [-0.3, -0.25) is 0 Å². The zero-order valence-corrected chi connectivity index (χ0v) is 19.2. The van der Waals surface area contributed by atoms with Crippen LogP contribution in [0, 0.1) is 0 Å². The number of benzene rings is 1. The summed E-state index contributed by atoms with van der Waals surface area (Å²) in [5.74, 6) is 1.49. The first-order valence-corrected chi connectivity index (χ1v) is 12.5. The highest BCUT2D eigenvalue weighted by Gasteiger charge is 2.15. The largest absolute Gasteiger partial charge is 0.256 e. The maximum atomic E-state index is 2.44. The van der Waals surface area contributed by atoms with Gasteiger partial charge >= 0.3 is 0 Å². The summed E-state index contributed by atoms with van der Waals surface area (Å²) in [5, 5.41) is 0. The van der Waals surface area contributed by atoms with E-state index in [-0.39, 0.29) is 0 Å². The van der Waals surface area contributed by atoms with Crippen LogP contribution in [0.3, 0.4) is 0 Å². The second-order valence-corrected chi connectivity index (χ2v) is 8.61. The highest BCUT2D eigenvalue weighted by Crippen LogP contribution is 2.13. The summed E-state index contributed by atoms with van der Waals surface area (Å²) in [5.41, 5.74) is 1.39. The molecule has 0 amide bonds. The summed E-state index contributed by atoms with van der Waals surface area (Å²) in [6.07, 6.45) is 24.2. The predicted molar refractivity (Wildman–Crippen MR) is 125 cm³/mol. The average Bonchev–Trinajstić information content (AvgIpc) is 3.13. The van der Waals surface area contributed by atoms with Crippen LogP contribution in [0.25, 0.3) is 0 Å². The number of rotatable bonds is 17. The molecule has 0 aliphatic carbocycles. The van der Waals surface area contributed by atoms with Gasteiger partial charge in [0, 0.05) is 6.42 Å². The van der Waals surface area contributed by atoms with Crippen LogP contribution in [0.5, 0.6) is 0 Å². The Kier molecular flexibility index (Phi) is 12.5. The van der Waals surface area contributed by atoms with Crippen molar-refractivity contribution in [2.75, 3.05) is 0 Å². The first kappa shape index (κ1) is 23.7. The number of imidazole rings is 1. The number of aryl methyl sites for hydroxylation is 1. The number of nitrogens with zero attached hydrogens (tertiary/aromatic N) is 2. The van der Waals surface area contributed by atoms with Crippen molar-refractivity contribution < 1.29 is 4.57 Å². The molecule has 0 radical (unpaired) electrons. The molecule has 2 aromatic rings. The van der Waals surface area contributed by atoms with E-state index in [4.69, 9.17) is 0 Å². The number of hydrogen-bond acceptors (Lipinski definition) is 0. The lowest BCUT2D eigenvalue weighted by atomic mass is 10.0. The molecular formula is C27H45N2+.